The van der Waals surface area contributed by atoms with Crippen molar-refractivity contribution >= 4 is 11.6 Å². The lowest BCUT2D eigenvalue weighted by Crippen LogP contribution is -1.87. The van der Waals surface area contributed by atoms with Crippen LogP contribution in [0.3, 0.4) is 0 Å². The van der Waals surface area contributed by atoms with Crippen LogP contribution in [0.5, 0.6) is 0 Å². The van der Waals surface area contributed by atoms with E-state index < -0.39 is 0 Å². The van der Waals surface area contributed by atoms with E-state index in [0.29, 0.717) is 0 Å². The summed E-state index contributed by atoms with van der Waals surface area (Å²) < 4.78 is 0. The van der Waals surface area contributed by atoms with Crippen molar-refractivity contribution in [1.29, 1.82) is 0 Å². The molecule has 13 heavy (non-hydrogen) atoms. The molecule has 0 saturated carbocycles. The summed E-state index contributed by atoms with van der Waals surface area (Å²) in [5.74, 6) is 0. The predicted octanol–water partition coefficient (Wildman–Crippen LogP) is 4.16. The van der Waals surface area contributed by atoms with Gasteiger partial charge >= 0.3 is 0 Å². The van der Waals surface area contributed by atoms with Gasteiger partial charge in [0.1, 0.15) is 0 Å². The maximum Gasteiger partial charge on any atom is 0.0440 e. The van der Waals surface area contributed by atoms with Gasteiger partial charge in [-0.1, -0.05) is 31.5 Å². The molecular weight excluding hydrogens is 180 g/mol. The zero-order chi connectivity index (χ0) is 9.84. The standard InChI is InChI=1S/C10H11Cl.C2H6/c1-7-5-6-10(11)9-4-2-3-8(7)9;1-2/h5-6H,2-4H2,1H3;1-2H3. The fourth-order valence-corrected chi connectivity index (χ4v) is 2.11. The van der Waals surface area contributed by atoms with Gasteiger partial charge < -0.3 is 0 Å². The molecule has 1 heteroatoms. The summed E-state index contributed by atoms with van der Waals surface area (Å²) in [6, 6.07) is 4.13. The third-order valence-electron chi connectivity index (χ3n) is 2.46. The molecule has 0 fully saturated rings. The quantitative estimate of drug-likeness (QED) is 0.585. The van der Waals surface area contributed by atoms with Gasteiger partial charge in [0.05, 0.1) is 0 Å². The number of benzene rings is 1. The number of fused-ring (bicyclic) bond motifs is 1. The van der Waals surface area contributed by atoms with Crippen LogP contribution in [-0.4, -0.2) is 0 Å². The molecule has 0 aliphatic heterocycles. The van der Waals surface area contributed by atoms with Gasteiger partial charge in [-0.3, -0.25) is 0 Å². The molecule has 2 rings (SSSR count). The summed E-state index contributed by atoms with van der Waals surface area (Å²) in [4.78, 5) is 0. The Morgan fingerprint density at radius 3 is 2.31 bits per heavy atom. The first-order valence-electron chi connectivity index (χ1n) is 5.06. The van der Waals surface area contributed by atoms with Gasteiger partial charge in [-0.15, -0.1) is 0 Å². The molecule has 0 saturated heterocycles. The number of hydrogen-bond acceptors (Lipinski definition) is 0. The minimum Gasteiger partial charge on any atom is -0.0840 e. The second-order valence-corrected chi connectivity index (χ2v) is 3.58. The van der Waals surface area contributed by atoms with Crippen molar-refractivity contribution in [3.63, 3.8) is 0 Å². The van der Waals surface area contributed by atoms with Gasteiger partial charge in [0.15, 0.2) is 0 Å². The van der Waals surface area contributed by atoms with Gasteiger partial charge in [-0.25, -0.2) is 0 Å². The molecule has 0 atom stereocenters. The van der Waals surface area contributed by atoms with Crippen LogP contribution in [0, 0.1) is 6.92 Å². The van der Waals surface area contributed by atoms with Gasteiger partial charge in [0, 0.05) is 5.02 Å². The average molecular weight is 197 g/mol. The highest BCUT2D eigenvalue weighted by molar-refractivity contribution is 6.31. The van der Waals surface area contributed by atoms with Crippen LogP contribution in [0.15, 0.2) is 12.1 Å². The Morgan fingerprint density at radius 1 is 1.08 bits per heavy atom. The van der Waals surface area contributed by atoms with Crippen LogP contribution in [0.25, 0.3) is 0 Å². The SMILES string of the molecule is CC.Cc1ccc(Cl)c2c1CCC2. The molecule has 0 bridgehead atoms. The molecule has 0 unspecified atom stereocenters. The van der Waals surface area contributed by atoms with Crippen molar-refractivity contribution in [1.82, 2.24) is 0 Å². The van der Waals surface area contributed by atoms with E-state index in [1.54, 1.807) is 0 Å². The third kappa shape index (κ3) is 2.05. The third-order valence-corrected chi connectivity index (χ3v) is 2.82. The highest BCUT2D eigenvalue weighted by Crippen LogP contribution is 2.30. The molecular formula is C12H17Cl. The molecule has 0 nitrogen and oxygen atoms in total. The Balaban J connectivity index is 0.000000396. The largest absolute Gasteiger partial charge is 0.0840 e. The van der Waals surface area contributed by atoms with Crippen molar-refractivity contribution < 1.29 is 0 Å². The van der Waals surface area contributed by atoms with E-state index in [9.17, 15) is 0 Å². The second kappa shape index (κ2) is 4.66. The molecule has 1 aliphatic carbocycles. The van der Waals surface area contributed by atoms with Gasteiger partial charge in [-0.2, -0.15) is 0 Å². The average Bonchev–Trinajstić information content (AvgIpc) is 2.64. The van der Waals surface area contributed by atoms with E-state index in [4.69, 9.17) is 11.6 Å². The first-order valence-corrected chi connectivity index (χ1v) is 5.43. The highest BCUT2D eigenvalue weighted by Gasteiger charge is 2.15. The lowest BCUT2D eigenvalue weighted by Gasteiger charge is -2.04. The monoisotopic (exact) mass is 196 g/mol. The van der Waals surface area contributed by atoms with Gasteiger partial charge in [-0.05, 0) is 48.9 Å². The first-order chi connectivity index (χ1) is 6.29. The molecule has 1 aromatic carbocycles. The van der Waals surface area contributed by atoms with Crippen molar-refractivity contribution in [3.8, 4) is 0 Å². The Hall–Kier alpha value is -0.490. The second-order valence-electron chi connectivity index (χ2n) is 3.17. The topological polar surface area (TPSA) is 0 Å². The number of hydrogen-bond donors (Lipinski definition) is 0. The maximum absolute atomic E-state index is 6.04. The number of aryl methyl sites for hydroxylation is 1. The lowest BCUT2D eigenvalue weighted by atomic mass is 10.1. The van der Waals surface area contributed by atoms with Crippen LogP contribution in [-0.2, 0) is 12.8 Å². The van der Waals surface area contributed by atoms with Crippen LogP contribution < -0.4 is 0 Å². The fraction of sp³-hybridized carbons (Fsp3) is 0.500. The van der Waals surface area contributed by atoms with Crippen molar-refractivity contribution in [3.05, 3.63) is 33.8 Å². The normalized spacial score (nSPS) is 13.2. The van der Waals surface area contributed by atoms with E-state index in [0.717, 1.165) is 5.02 Å². The molecule has 72 valence electrons. The van der Waals surface area contributed by atoms with E-state index in [2.05, 4.69) is 13.0 Å². The zero-order valence-corrected chi connectivity index (χ0v) is 9.41. The molecule has 0 spiro atoms. The number of halogens is 1. The van der Waals surface area contributed by atoms with Crippen LogP contribution in [0.4, 0.5) is 0 Å². The van der Waals surface area contributed by atoms with Crippen molar-refractivity contribution in [2.75, 3.05) is 0 Å². The molecule has 1 aromatic rings. The minimum atomic E-state index is 0.961. The summed E-state index contributed by atoms with van der Waals surface area (Å²) >= 11 is 6.04. The first kappa shape index (κ1) is 10.6. The molecule has 1 aliphatic rings. The molecule has 0 N–H and O–H groups in total. The Labute approximate surface area is 85.9 Å². The molecule has 0 amide bonds. The summed E-state index contributed by atoms with van der Waals surface area (Å²) in [6.45, 7) is 6.17. The van der Waals surface area contributed by atoms with E-state index in [1.807, 2.05) is 19.9 Å². The Morgan fingerprint density at radius 2 is 1.69 bits per heavy atom. The zero-order valence-electron chi connectivity index (χ0n) is 8.65. The van der Waals surface area contributed by atoms with Crippen LogP contribution in [0.2, 0.25) is 5.02 Å². The van der Waals surface area contributed by atoms with Crippen LogP contribution in [0.1, 0.15) is 37.0 Å². The van der Waals surface area contributed by atoms with Crippen molar-refractivity contribution in [2.24, 2.45) is 0 Å². The lowest BCUT2D eigenvalue weighted by molar-refractivity contribution is 0.909. The highest BCUT2D eigenvalue weighted by atomic mass is 35.5. The van der Waals surface area contributed by atoms with E-state index >= 15 is 0 Å². The summed E-state index contributed by atoms with van der Waals surface area (Å²) in [7, 11) is 0. The predicted molar refractivity (Wildman–Crippen MR) is 59.6 cm³/mol. The number of rotatable bonds is 0. The van der Waals surface area contributed by atoms with Gasteiger partial charge in [0.2, 0.25) is 0 Å². The minimum absolute atomic E-state index is 0.961. The fourth-order valence-electron chi connectivity index (χ4n) is 1.84. The maximum atomic E-state index is 6.04. The summed E-state index contributed by atoms with van der Waals surface area (Å²) in [5, 5.41) is 0.961. The molecule has 0 heterocycles. The van der Waals surface area contributed by atoms with Gasteiger partial charge in [0.25, 0.3) is 0 Å². The van der Waals surface area contributed by atoms with Crippen LogP contribution >= 0.6 is 11.6 Å². The van der Waals surface area contributed by atoms with Crippen molar-refractivity contribution in [2.45, 2.75) is 40.0 Å². The Bertz CT molecular complexity index is 260. The van der Waals surface area contributed by atoms with E-state index in [1.165, 1.54) is 36.0 Å². The summed E-state index contributed by atoms with van der Waals surface area (Å²) in [5.41, 5.74) is 4.30. The van der Waals surface area contributed by atoms with E-state index in [-0.39, 0.29) is 0 Å². The Kier molecular flexibility index (Phi) is 3.80. The summed E-state index contributed by atoms with van der Waals surface area (Å²) in [6.07, 6.45) is 3.68. The molecule has 0 aromatic heterocycles. The smallest absolute Gasteiger partial charge is 0.0440 e. The molecule has 0 radical (unpaired) electrons.